The Labute approximate surface area is 93.7 Å². The fraction of sp³-hybridized carbons (Fsp3) is 0.917. The summed E-state index contributed by atoms with van der Waals surface area (Å²) in [4.78, 5) is 6.81. The summed E-state index contributed by atoms with van der Waals surface area (Å²) in [6.07, 6.45) is 6.68. The topological polar surface area (TPSA) is 41.6 Å². The Hall–Kier alpha value is -0.570. The van der Waals surface area contributed by atoms with Gasteiger partial charge in [-0.1, -0.05) is 32.6 Å². The lowest BCUT2D eigenvalue weighted by molar-refractivity contribution is 0.422. The second-order valence-electron chi connectivity index (χ2n) is 4.43. The zero-order valence-electron chi connectivity index (χ0n) is 10.2. The SMILES string of the molecule is CCCCCCCN1CCN=C1C(C)N. The van der Waals surface area contributed by atoms with E-state index in [1.165, 1.54) is 32.1 Å². The highest BCUT2D eigenvalue weighted by atomic mass is 15.2. The van der Waals surface area contributed by atoms with E-state index >= 15 is 0 Å². The first-order valence-corrected chi connectivity index (χ1v) is 6.30. The number of amidine groups is 1. The van der Waals surface area contributed by atoms with Crippen molar-refractivity contribution < 1.29 is 0 Å². The number of hydrogen-bond donors (Lipinski definition) is 1. The second kappa shape index (κ2) is 6.83. The Balaban J connectivity index is 2.13. The molecule has 3 heteroatoms. The van der Waals surface area contributed by atoms with Crippen LogP contribution >= 0.6 is 0 Å². The Morgan fingerprint density at radius 1 is 1.33 bits per heavy atom. The van der Waals surface area contributed by atoms with E-state index in [0.29, 0.717) is 0 Å². The van der Waals surface area contributed by atoms with E-state index < -0.39 is 0 Å². The molecule has 1 rings (SSSR count). The highest BCUT2D eigenvalue weighted by Crippen LogP contribution is 2.08. The van der Waals surface area contributed by atoms with Crippen molar-refractivity contribution in [2.45, 2.75) is 52.0 Å². The zero-order valence-corrected chi connectivity index (χ0v) is 10.2. The number of nitrogens with two attached hydrogens (primary N) is 1. The molecule has 1 aliphatic rings. The second-order valence-corrected chi connectivity index (χ2v) is 4.43. The first-order valence-electron chi connectivity index (χ1n) is 6.30. The molecule has 0 aromatic carbocycles. The van der Waals surface area contributed by atoms with Crippen LogP contribution in [0, 0.1) is 0 Å². The molecule has 0 aliphatic carbocycles. The number of nitrogens with zero attached hydrogens (tertiary/aromatic N) is 2. The molecule has 0 fully saturated rings. The maximum Gasteiger partial charge on any atom is 0.116 e. The van der Waals surface area contributed by atoms with Crippen LogP contribution in [0.3, 0.4) is 0 Å². The predicted molar refractivity (Wildman–Crippen MR) is 66.3 cm³/mol. The largest absolute Gasteiger partial charge is 0.357 e. The maximum atomic E-state index is 5.87. The molecule has 15 heavy (non-hydrogen) atoms. The molecule has 0 saturated carbocycles. The lowest BCUT2D eigenvalue weighted by Crippen LogP contribution is -2.39. The molecule has 0 amide bonds. The van der Waals surface area contributed by atoms with E-state index in [2.05, 4.69) is 16.8 Å². The van der Waals surface area contributed by atoms with Crippen LogP contribution in [0.25, 0.3) is 0 Å². The van der Waals surface area contributed by atoms with E-state index in [0.717, 1.165) is 25.5 Å². The van der Waals surface area contributed by atoms with E-state index in [1.54, 1.807) is 0 Å². The summed E-state index contributed by atoms with van der Waals surface area (Å²) >= 11 is 0. The van der Waals surface area contributed by atoms with Gasteiger partial charge in [0.1, 0.15) is 5.84 Å². The highest BCUT2D eigenvalue weighted by Gasteiger charge is 2.18. The van der Waals surface area contributed by atoms with Gasteiger partial charge in [-0.05, 0) is 13.3 Å². The van der Waals surface area contributed by atoms with Crippen LogP contribution in [-0.4, -0.2) is 36.4 Å². The molecule has 0 spiro atoms. The smallest absolute Gasteiger partial charge is 0.116 e. The van der Waals surface area contributed by atoms with Gasteiger partial charge >= 0.3 is 0 Å². The molecule has 0 aromatic rings. The van der Waals surface area contributed by atoms with Crippen molar-refractivity contribution in [2.75, 3.05) is 19.6 Å². The van der Waals surface area contributed by atoms with Crippen LogP contribution in [0.4, 0.5) is 0 Å². The Bertz CT molecular complexity index is 199. The summed E-state index contributed by atoms with van der Waals surface area (Å²) in [6.45, 7) is 7.43. The molecule has 2 N–H and O–H groups in total. The minimum Gasteiger partial charge on any atom is -0.357 e. The normalized spacial score (nSPS) is 18.1. The molecule has 1 atom stereocenters. The van der Waals surface area contributed by atoms with Crippen LogP contribution in [0.5, 0.6) is 0 Å². The van der Waals surface area contributed by atoms with Gasteiger partial charge in [0.25, 0.3) is 0 Å². The number of unbranched alkanes of at least 4 members (excludes halogenated alkanes) is 4. The van der Waals surface area contributed by atoms with Gasteiger partial charge in [-0.3, -0.25) is 4.99 Å². The third-order valence-electron chi connectivity index (χ3n) is 2.91. The van der Waals surface area contributed by atoms with Crippen LogP contribution in [0.15, 0.2) is 4.99 Å². The molecule has 0 bridgehead atoms. The van der Waals surface area contributed by atoms with E-state index in [-0.39, 0.29) is 6.04 Å². The quantitative estimate of drug-likeness (QED) is 0.655. The highest BCUT2D eigenvalue weighted by molar-refractivity contribution is 5.88. The van der Waals surface area contributed by atoms with Gasteiger partial charge in [-0.15, -0.1) is 0 Å². The van der Waals surface area contributed by atoms with Gasteiger partial charge < -0.3 is 10.6 Å². The fourth-order valence-electron chi connectivity index (χ4n) is 2.06. The summed E-state index contributed by atoms with van der Waals surface area (Å²) < 4.78 is 0. The molecule has 0 saturated heterocycles. The first kappa shape index (κ1) is 12.5. The minimum absolute atomic E-state index is 0.100. The first-order chi connectivity index (χ1) is 7.25. The summed E-state index contributed by atoms with van der Waals surface area (Å²) in [6, 6.07) is 0.100. The van der Waals surface area contributed by atoms with Gasteiger partial charge in [-0.25, -0.2) is 0 Å². The minimum atomic E-state index is 0.100. The van der Waals surface area contributed by atoms with Crippen molar-refractivity contribution in [2.24, 2.45) is 10.7 Å². The molecule has 1 aliphatic heterocycles. The monoisotopic (exact) mass is 211 g/mol. The number of hydrogen-bond acceptors (Lipinski definition) is 3. The third kappa shape index (κ3) is 4.20. The summed E-state index contributed by atoms with van der Waals surface area (Å²) in [5.74, 6) is 1.12. The van der Waals surface area contributed by atoms with Crippen LogP contribution < -0.4 is 5.73 Å². The van der Waals surface area contributed by atoms with Crippen LogP contribution in [-0.2, 0) is 0 Å². The summed E-state index contributed by atoms with van der Waals surface area (Å²) in [5, 5.41) is 0. The standard InChI is InChI=1S/C12H25N3/c1-3-4-5-6-7-9-15-10-8-14-12(15)11(2)13/h11H,3-10,13H2,1-2H3. The van der Waals surface area contributed by atoms with Gasteiger partial charge in [0.2, 0.25) is 0 Å². The van der Waals surface area contributed by atoms with E-state index in [4.69, 9.17) is 5.73 Å². The Morgan fingerprint density at radius 2 is 2.07 bits per heavy atom. The average molecular weight is 211 g/mol. The van der Waals surface area contributed by atoms with Gasteiger partial charge in [-0.2, -0.15) is 0 Å². The molecule has 1 unspecified atom stereocenters. The molecule has 1 heterocycles. The summed E-state index contributed by atoms with van der Waals surface area (Å²) in [7, 11) is 0. The summed E-state index contributed by atoms with van der Waals surface area (Å²) in [5.41, 5.74) is 5.87. The number of aliphatic imine (C=N–C) groups is 1. The van der Waals surface area contributed by atoms with E-state index in [1.807, 2.05) is 6.92 Å². The molecular weight excluding hydrogens is 186 g/mol. The van der Waals surface area contributed by atoms with Crippen molar-refractivity contribution in [3.8, 4) is 0 Å². The molecule has 88 valence electrons. The predicted octanol–water partition coefficient (Wildman–Crippen LogP) is 2.02. The molecular formula is C12H25N3. The fourth-order valence-corrected chi connectivity index (χ4v) is 2.06. The third-order valence-corrected chi connectivity index (χ3v) is 2.91. The van der Waals surface area contributed by atoms with E-state index in [9.17, 15) is 0 Å². The molecule has 0 radical (unpaired) electrons. The number of rotatable bonds is 7. The average Bonchev–Trinajstić information content (AvgIpc) is 2.66. The Kier molecular flexibility index (Phi) is 5.69. The van der Waals surface area contributed by atoms with Gasteiger partial charge in [0, 0.05) is 13.1 Å². The van der Waals surface area contributed by atoms with Gasteiger partial charge in [0.05, 0.1) is 12.6 Å². The maximum absolute atomic E-state index is 5.87. The van der Waals surface area contributed by atoms with Crippen molar-refractivity contribution in [3.63, 3.8) is 0 Å². The van der Waals surface area contributed by atoms with Crippen molar-refractivity contribution >= 4 is 5.84 Å². The van der Waals surface area contributed by atoms with Gasteiger partial charge in [0.15, 0.2) is 0 Å². The van der Waals surface area contributed by atoms with Crippen molar-refractivity contribution in [1.29, 1.82) is 0 Å². The molecule has 3 nitrogen and oxygen atoms in total. The van der Waals surface area contributed by atoms with Crippen LogP contribution in [0.1, 0.15) is 46.0 Å². The van der Waals surface area contributed by atoms with Crippen LogP contribution in [0.2, 0.25) is 0 Å². The lowest BCUT2D eigenvalue weighted by Gasteiger charge is -2.22. The lowest BCUT2D eigenvalue weighted by atomic mass is 10.1. The zero-order chi connectivity index (χ0) is 11.1. The Morgan fingerprint density at radius 3 is 2.73 bits per heavy atom. The van der Waals surface area contributed by atoms with Crippen molar-refractivity contribution in [1.82, 2.24) is 4.90 Å². The van der Waals surface area contributed by atoms with Crippen molar-refractivity contribution in [3.05, 3.63) is 0 Å². The molecule has 0 aromatic heterocycles.